The molecule has 0 amide bonds. The summed E-state index contributed by atoms with van der Waals surface area (Å²) in [5, 5.41) is 3.33. The first-order valence-corrected chi connectivity index (χ1v) is 7.72. The van der Waals surface area contributed by atoms with Gasteiger partial charge in [0.25, 0.3) is 0 Å². The molecule has 0 aliphatic carbocycles. The molecule has 2 heterocycles. The highest BCUT2D eigenvalue weighted by molar-refractivity contribution is 7.09. The van der Waals surface area contributed by atoms with E-state index in [4.69, 9.17) is 4.74 Å². The second kappa shape index (κ2) is 6.48. The fourth-order valence-corrected chi connectivity index (χ4v) is 3.27. The predicted octanol–water partition coefficient (Wildman–Crippen LogP) is 2.65. The van der Waals surface area contributed by atoms with Crippen LogP contribution < -0.4 is 0 Å². The van der Waals surface area contributed by atoms with E-state index in [-0.39, 0.29) is 11.9 Å². The van der Waals surface area contributed by atoms with Gasteiger partial charge in [0.15, 0.2) is 0 Å². The predicted molar refractivity (Wildman–Crippen MR) is 76.2 cm³/mol. The molecular formula is C14H22N2O2S. The quantitative estimate of drug-likeness (QED) is 0.796. The van der Waals surface area contributed by atoms with Crippen molar-refractivity contribution in [2.24, 2.45) is 5.92 Å². The number of hydrogen-bond acceptors (Lipinski definition) is 5. The zero-order valence-corrected chi connectivity index (χ0v) is 12.7. The second-order valence-electron chi connectivity index (χ2n) is 5.43. The molecule has 0 N–H and O–H groups in total. The van der Waals surface area contributed by atoms with E-state index in [1.54, 1.807) is 11.3 Å². The number of nitrogens with zero attached hydrogens (tertiary/aromatic N) is 2. The van der Waals surface area contributed by atoms with Crippen molar-refractivity contribution in [2.45, 2.75) is 39.2 Å². The van der Waals surface area contributed by atoms with Gasteiger partial charge in [0.2, 0.25) is 0 Å². The second-order valence-corrected chi connectivity index (χ2v) is 6.32. The van der Waals surface area contributed by atoms with Gasteiger partial charge in [-0.15, -0.1) is 11.3 Å². The number of likely N-dealkylation sites (tertiary alicyclic amines) is 1. The van der Waals surface area contributed by atoms with Crippen LogP contribution in [0.15, 0.2) is 5.38 Å². The van der Waals surface area contributed by atoms with Crippen LogP contribution in [0.2, 0.25) is 0 Å². The Balaban J connectivity index is 1.92. The van der Waals surface area contributed by atoms with Crippen LogP contribution in [0.1, 0.15) is 43.3 Å². The summed E-state index contributed by atoms with van der Waals surface area (Å²) in [4.78, 5) is 18.6. The van der Waals surface area contributed by atoms with Crippen molar-refractivity contribution in [1.29, 1.82) is 0 Å². The molecule has 1 unspecified atom stereocenters. The number of hydrogen-bond donors (Lipinski definition) is 0. The minimum atomic E-state index is -0.0779. The number of thiazole rings is 1. The Bertz CT molecular complexity index is 431. The molecule has 1 aromatic rings. The smallest absolute Gasteiger partial charge is 0.309 e. The first kappa shape index (κ1) is 14.5. The van der Waals surface area contributed by atoms with Gasteiger partial charge < -0.3 is 4.74 Å². The highest BCUT2D eigenvalue weighted by atomic mass is 32.1. The van der Waals surface area contributed by atoms with E-state index >= 15 is 0 Å². The van der Waals surface area contributed by atoms with Crippen molar-refractivity contribution in [1.82, 2.24) is 9.88 Å². The maximum atomic E-state index is 11.6. The largest absolute Gasteiger partial charge is 0.469 e. The topological polar surface area (TPSA) is 42.4 Å². The minimum absolute atomic E-state index is 0.0296. The number of esters is 1. The average Bonchev–Trinajstić information content (AvgIpc) is 2.87. The summed E-state index contributed by atoms with van der Waals surface area (Å²) in [5.41, 5.74) is 1.12. The lowest BCUT2D eigenvalue weighted by molar-refractivity contribution is -0.147. The van der Waals surface area contributed by atoms with Gasteiger partial charge in [-0.3, -0.25) is 9.69 Å². The van der Waals surface area contributed by atoms with E-state index in [0.717, 1.165) is 38.2 Å². The van der Waals surface area contributed by atoms with E-state index in [2.05, 4.69) is 29.1 Å². The van der Waals surface area contributed by atoms with Crippen LogP contribution in [0.5, 0.6) is 0 Å². The van der Waals surface area contributed by atoms with E-state index < -0.39 is 0 Å². The van der Waals surface area contributed by atoms with Gasteiger partial charge in [0.1, 0.15) is 0 Å². The van der Waals surface area contributed by atoms with Gasteiger partial charge in [-0.1, -0.05) is 13.8 Å². The fourth-order valence-electron chi connectivity index (χ4n) is 2.45. The summed E-state index contributed by atoms with van der Waals surface area (Å²) in [6, 6.07) is 0. The lowest BCUT2D eigenvalue weighted by Crippen LogP contribution is -2.38. The Morgan fingerprint density at radius 1 is 1.63 bits per heavy atom. The molecule has 1 aromatic heterocycles. The molecule has 5 heteroatoms. The summed E-state index contributed by atoms with van der Waals surface area (Å²) >= 11 is 1.73. The van der Waals surface area contributed by atoms with Crippen molar-refractivity contribution in [3.63, 3.8) is 0 Å². The monoisotopic (exact) mass is 282 g/mol. The van der Waals surface area contributed by atoms with Gasteiger partial charge in [-0.2, -0.15) is 0 Å². The van der Waals surface area contributed by atoms with Crippen LogP contribution in [0.4, 0.5) is 0 Å². The third-order valence-corrected chi connectivity index (χ3v) is 4.68. The highest BCUT2D eigenvalue weighted by Crippen LogP contribution is 2.23. The molecule has 1 aliphatic heterocycles. The molecule has 1 saturated heterocycles. The van der Waals surface area contributed by atoms with Gasteiger partial charge in [0.05, 0.1) is 23.7 Å². The van der Waals surface area contributed by atoms with E-state index in [9.17, 15) is 4.79 Å². The standard InChI is InChI=1S/C14H22N2O2S/c1-10(2)13-15-12(9-19-13)8-16-6-4-5-11(7-16)14(17)18-3/h9-11H,4-8H2,1-3H3. The van der Waals surface area contributed by atoms with E-state index in [1.807, 2.05) is 0 Å². The summed E-state index contributed by atoms with van der Waals surface area (Å²) in [5.74, 6) is 0.440. The molecule has 1 aliphatic rings. The van der Waals surface area contributed by atoms with Crippen molar-refractivity contribution in [3.05, 3.63) is 16.1 Å². The number of carbonyl (C=O) groups excluding carboxylic acids is 1. The van der Waals surface area contributed by atoms with Crippen molar-refractivity contribution < 1.29 is 9.53 Å². The van der Waals surface area contributed by atoms with Crippen LogP contribution in [-0.2, 0) is 16.1 Å². The Hall–Kier alpha value is -0.940. The zero-order valence-electron chi connectivity index (χ0n) is 11.9. The number of rotatable bonds is 4. The Kier molecular flexibility index (Phi) is 4.93. The lowest BCUT2D eigenvalue weighted by Gasteiger charge is -2.30. The number of piperidine rings is 1. The summed E-state index contributed by atoms with van der Waals surface area (Å²) < 4.78 is 4.84. The van der Waals surface area contributed by atoms with Crippen LogP contribution in [-0.4, -0.2) is 36.1 Å². The average molecular weight is 282 g/mol. The zero-order chi connectivity index (χ0) is 13.8. The first-order valence-electron chi connectivity index (χ1n) is 6.84. The molecule has 1 atom stereocenters. The first-order chi connectivity index (χ1) is 9.10. The van der Waals surface area contributed by atoms with E-state index in [0.29, 0.717) is 5.92 Å². The Morgan fingerprint density at radius 3 is 3.05 bits per heavy atom. The molecular weight excluding hydrogens is 260 g/mol. The van der Waals surface area contributed by atoms with E-state index in [1.165, 1.54) is 12.1 Å². The summed E-state index contributed by atoms with van der Waals surface area (Å²) in [6.45, 7) is 7.01. The van der Waals surface area contributed by atoms with Crippen molar-refractivity contribution in [3.8, 4) is 0 Å². The summed E-state index contributed by atoms with van der Waals surface area (Å²) in [7, 11) is 1.47. The van der Waals surface area contributed by atoms with Gasteiger partial charge >= 0.3 is 5.97 Å². The van der Waals surface area contributed by atoms with Crippen LogP contribution in [0, 0.1) is 5.92 Å². The highest BCUT2D eigenvalue weighted by Gasteiger charge is 2.26. The molecule has 19 heavy (non-hydrogen) atoms. The fraction of sp³-hybridized carbons (Fsp3) is 0.714. The van der Waals surface area contributed by atoms with Gasteiger partial charge in [-0.25, -0.2) is 4.98 Å². The molecule has 0 saturated carbocycles. The molecule has 4 nitrogen and oxygen atoms in total. The van der Waals surface area contributed by atoms with Crippen LogP contribution in [0.3, 0.4) is 0 Å². The maximum Gasteiger partial charge on any atom is 0.309 e. The maximum absolute atomic E-state index is 11.6. The molecule has 0 radical (unpaired) electrons. The Morgan fingerprint density at radius 2 is 2.42 bits per heavy atom. The third kappa shape index (κ3) is 3.76. The third-order valence-electron chi connectivity index (χ3n) is 3.49. The van der Waals surface area contributed by atoms with Crippen LogP contribution >= 0.6 is 11.3 Å². The number of ether oxygens (including phenoxy) is 1. The van der Waals surface area contributed by atoms with Crippen molar-refractivity contribution >= 4 is 17.3 Å². The van der Waals surface area contributed by atoms with Gasteiger partial charge in [-0.05, 0) is 19.4 Å². The molecule has 0 spiro atoms. The van der Waals surface area contributed by atoms with Gasteiger partial charge in [0, 0.05) is 24.4 Å². The molecule has 1 fully saturated rings. The lowest BCUT2D eigenvalue weighted by atomic mass is 9.98. The number of aromatic nitrogens is 1. The SMILES string of the molecule is COC(=O)C1CCCN(Cc2csc(C(C)C)n2)C1. The minimum Gasteiger partial charge on any atom is -0.469 e. The number of carbonyl (C=O) groups is 1. The molecule has 0 bridgehead atoms. The normalized spacial score (nSPS) is 20.7. The molecule has 0 aromatic carbocycles. The molecule has 2 rings (SSSR count). The molecule has 106 valence electrons. The van der Waals surface area contributed by atoms with Crippen molar-refractivity contribution in [2.75, 3.05) is 20.2 Å². The van der Waals surface area contributed by atoms with Crippen LogP contribution in [0.25, 0.3) is 0 Å². The Labute approximate surface area is 118 Å². The number of methoxy groups -OCH3 is 1. The summed E-state index contributed by atoms with van der Waals surface area (Å²) in [6.07, 6.45) is 2.00.